The number of benzene rings is 1. The molecule has 10 heteroatoms. The molecule has 1 saturated heterocycles. The van der Waals surface area contributed by atoms with Crippen molar-refractivity contribution in [2.75, 3.05) is 24.5 Å². The van der Waals surface area contributed by atoms with Crippen LogP contribution in [0.4, 0.5) is 32.0 Å². The number of hydrogen-bond donors (Lipinski definition) is 1. The zero-order chi connectivity index (χ0) is 19.5. The molecular formula is C16H15F6N3O. The van der Waals surface area contributed by atoms with Crippen LogP contribution in [0.15, 0.2) is 18.2 Å². The fourth-order valence-electron chi connectivity index (χ4n) is 2.82. The van der Waals surface area contributed by atoms with Crippen LogP contribution in [0.2, 0.25) is 0 Å². The molecule has 1 aromatic carbocycles. The average Bonchev–Trinajstić information content (AvgIpc) is 2.57. The van der Waals surface area contributed by atoms with E-state index in [2.05, 4.69) is 0 Å². The Bertz CT molecular complexity index is 707. The lowest BCUT2D eigenvalue weighted by atomic mass is 9.96. The van der Waals surface area contributed by atoms with E-state index in [0.717, 1.165) is 12.1 Å². The van der Waals surface area contributed by atoms with Crippen molar-refractivity contribution in [3.05, 3.63) is 29.3 Å². The molecule has 0 radical (unpaired) electrons. The highest BCUT2D eigenvalue weighted by Gasteiger charge is 2.35. The van der Waals surface area contributed by atoms with Gasteiger partial charge in [-0.2, -0.15) is 31.6 Å². The lowest BCUT2D eigenvalue weighted by Gasteiger charge is -2.34. The molecule has 1 fully saturated rings. The molecular weight excluding hydrogens is 364 g/mol. The molecule has 1 aliphatic heterocycles. The van der Waals surface area contributed by atoms with Gasteiger partial charge < -0.3 is 10.2 Å². The Labute approximate surface area is 145 Å². The minimum atomic E-state index is -4.71. The molecule has 1 atom stereocenters. The van der Waals surface area contributed by atoms with Crippen molar-refractivity contribution in [2.24, 2.45) is 5.92 Å². The largest absolute Gasteiger partial charge is 0.417 e. The Morgan fingerprint density at radius 3 is 2.54 bits per heavy atom. The molecule has 1 aliphatic rings. The number of amides is 1. The summed E-state index contributed by atoms with van der Waals surface area (Å²) in [6, 6.07) is 4.69. The number of piperidine rings is 1. The normalized spacial score (nSPS) is 18.3. The number of rotatable bonds is 3. The molecule has 2 rings (SSSR count). The van der Waals surface area contributed by atoms with Crippen molar-refractivity contribution in [3.63, 3.8) is 0 Å². The fourth-order valence-corrected chi connectivity index (χ4v) is 2.82. The maximum Gasteiger partial charge on any atom is 0.417 e. The van der Waals surface area contributed by atoms with E-state index < -0.39 is 41.8 Å². The number of alkyl halides is 6. The molecule has 1 heterocycles. The van der Waals surface area contributed by atoms with Gasteiger partial charge in [0, 0.05) is 18.8 Å². The number of hydrogen-bond acceptors (Lipinski definition) is 3. The smallest absolute Gasteiger partial charge is 0.371 e. The highest BCUT2D eigenvalue weighted by atomic mass is 19.4. The van der Waals surface area contributed by atoms with Gasteiger partial charge in [-0.3, -0.25) is 4.79 Å². The second-order valence-corrected chi connectivity index (χ2v) is 5.96. The third-order valence-electron chi connectivity index (χ3n) is 4.05. The van der Waals surface area contributed by atoms with E-state index in [1.807, 2.05) is 0 Å². The van der Waals surface area contributed by atoms with Crippen molar-refractivity contribution in [3.8, 4) is 6.07 Å². The Hall–Kier alpha value is -2.44. The molecule has 0 aromatic heterocycles. The first kappa shape index (κ1) is 19.9. The molecule has 0 aliphatic carbocycles. The standard InChI is InChI=1S/C16H15F6N3O/c17-15(18,19)9-24-14(26)11-2-1-5-25(8-11)12-4-3-10(7-23)13(6-12)16(20,21)22/h3-4,6,11H,1-2,5,8-9H2,(H,24,26). The first-order valence-electron chi connectivity index (χ1n) is 7.72. The molecule has 142 valence electrons. The van der Waals surface area contributed by atoms with Crippen LogP contribution in [0.5, 0.6) is 0 Å². The summed E-state index contributed by atoms with van der Waals surface area (Å²) in [4.78, 5) is 13.4. The van der Waals surface area contributed by atoms with Crippen molar-refractivity contribution in [1.29, 1.82) is 5.26 Å². The first-order chi connectivity index (χ1) is 12.0. The summed E-state index contributed by atoms with van der Waals surface area (Å²) in [6.45, 7) is -1.07. The SMILES string of the molecule is N#Cc1ccc(N2CCCC(C(=O)NCC(F)(F)F)C2)cc1C(F)(F)F. The van der Waals surface area contributed by atoms with Gasteiger partial charge in [0.05, 0.1) is 23.1 Å². The summed E-state index contributed by atoms with van der Waals surface area (Å²) in [5, 5.41) is 10.6. The van der Waals surface area contributed by atoms with Crippen molar-refractivity contribution in [1.82, 2.24) is 5.32 Å². The van der Waals surface area contributed by atoms with Crippen LogP contribution in [0.25, 0.3) is 0 Å². The maximum absolute atomic E-state index is 13.1. The van der Waals surface area contributed by atoms with Gasteiger partial charge in [-0.1, -0.05) is 0 Å². The van der Waals surface area contributed by atoms with Gasteiger partial charge in [0.25, 0.3) is 0 Å². The van der Waals surface area contributed by atoms with E-state index in [0.29, 0.717) is 19.4 Å². The van der Waals surface area contributed by atoms with Crippen LogP contribution in [-0.4, -0.2) is 31.7 Å². The van der Waals surface area contributed by atoms with Crippen molar-refractivity contribution in [2.45, 2.75) is 25.2 Å². The third kappa shape index (κ3) is 5.03. The molecule has 0 bridgehead atoms. The average molecular weight is 379 g/mol. The fraction of sp³-hybridized carbons (Fsp3) is 0.500. The number of halogens is 6. The summed E-state index contributed by atoms with van der Waals surface area (Å²) >= 11 is 0. The van der Waals surface area contributed by atoms with Crippen LogP contribution in [0.1, 0.15) is 24.0 Å². The van der Waals surface area contributed by atoms with E-state index in [-0.39, 0.29) is 12.2 Å². The maximum atomic E-state index is 13.1. The molecule has 1 amide bonds. The second kappa shape index (κ2) is 7.43. The van der Waals surface area contributed by atoms with E-state index in [9.17, 15) is 31.1 Å². The van der Waals surface area contributed by atoms with Gasteiger partial charge in [-0.05, 0) is 31.0 Å². The molecule has 1 N–H and O–H groups in total. The highest BCUT2D eigenvalue weighted by Crippen LogP contribution is 2.35. The Kier molecular flexibility index (Phi) is 5.68. The van der Waals surface area contributed by atoms with E-state index in [1.54, 1.807) is 5.32 Å². The molecule has 4 nitrogen and oxygen atoms in total. The molecule has 1 unspecified atom stereocenters. The number of nitrogens with zero attached hydrogens (tertiary/aromatic N) is 2. The zero-order valence-electron chi connectivity index (χ0n) is 13.4. The Balaban J connectivity index is 2.15. The van der Waals surface area contributed by atoms with E-state index >= 15 is 0 Å². The van der Waals surface area contributed by atoms with Gasteiger partial charge in [-0.15, -0.1) is 0 Å². The Morgan fingerprint density at radius 2 is 1.96 bits per heavy atom. The second-order valence-electron chi connectivity index (χ2n) is 5.96. The molecule has 1 aromatic rings. The summed E-state index contributed by atoms with van der Waals surface area (Å²) in [5.74, 6) is -1.53. The number of carbonyl (C=O) groups excluding carboxylic acids is 1. The lowest BCUT2D eigenvalue weighted by Crippen LogP contribution is -2.45. The van der Waals surface area contributed by atoms with Gasteiger partial charge in [0.1, 0.15) is 6.54 Å². The molecule has 0 spiro atoms. The van der Waals surface area contributed by atoms with Crippen LogP contribution in [0, 0.1) is 17.2 Å². The number of anilines is 1. The topological polar surface area (TPSA) is 56.1 Å². The van der Waals surface area contributed by atoms with E-state index in [1.165, 1.54) is 17.0 Å². The highest BCUT2D eigenvalue weighted by molar-refractivity contribution is 5.79. The van der Waals surface area contributed by atoms with Crippen LogP contribution in [-0.2, 0) is 11.0 Å². The molecule has 0 saturated carbocycles. The Morgan fingerprint density at radius 1 is 1.27 bits per heavy atom. The third-order valence-corrected chi connectivity index (χ3v) is 4.05. The minimum absolute atomic E-state index is 0.00683. The van der Waals surface area contributed by atoms with Crippen LogP contribution < -0.4 is 10.2 Å². The number of nitrogens with one attached hydrogen (secondary N) is 1. The monoisotopic (exact) mass is 379 g/mol. The van der Waals surface area contributed by atoms with E-state index in [4.69, 9.17) is 5.26 Å². The van der Waals surface area contributed by atoms with Gasteiger partial charge in [-0.25, -0.2) is 0 Å². The number of nitriles is 1. The van der Waals surface area contributed by atoms with Crippen LogP contribution >= 0.6 is 0 Å². The van der Waals surface area contributed by atoms with Crippen molar-refractivity contribution >= 4 is 11.6 Å². The predicted molar refractivity (Wildman–Crippen MR) is 80.2 cm³/mol. The first-order valence-corrected chi connectivity index (χ1v) is 7.72. The quantitative estimate of drug-likeness (QED) is 0.819. The van der Waals surface area contributed by atoms with Gasteiger partial charge >= 0.3 is 12.4 Å². The summed E-state index contributed by atoms with van der Waals surface area (Å²) in [6.07, 6.45) is -8.44. The van der Waals surface area contributed by atoms with Gasteiger partial charge in [0.2, 0.25) is 5.91 Å². The number of carbonyl (C=O) groups is 1. The molecule has 26 heavy (non-hydrogen) atoms. The summed E-state index contributed by atoms with van der Waals surface area (Å²) in [7, 11) is 0. The predicted octanol–water partition coefficient (Wildman–Crippen LogP) is 3.47. The minimum Gasteiger partial charge on any atom is -0.371 e. The van der Waals surface area contributed by atoms with Crippen molar-refractivity contribution < 1.29 is 31.1 Å². The summed E-state index contributed by atoms with van der Waals surface area (Å²) in [5.41, 5.74) is -1.43. The van der Waals surface area contributed by atoms with Gasteiger partial charge in [0.15, 0.2) is 0 Å². The van der Waals surface area contributed by atoms with Crippen LogP contribution in [0.3, 0.4) is 0 Å². The summed E-state index contributed by atoms with van der Waals surface area (Å²) < 4.78 is 75.8. The zero-order valence-corrected chi connectivity index (χ0v) is 13.4. The lowest BCUT2D eigenvalue weighted by molar-refractivity contribution is -0.140.